The molecule has 2 fully saturated rings. The molecule has 6 nitrogen and oxygen atoms in total. The first-order valence-electron chi connectivity index (χ1n) is 10.5. The van der Waals surface area contributed by atoms with E-state index in [9.17, 15) is 0 Å². The minimum Gasteiger partial charge on any atom is -0.487 e. The average Bonchev–Trinajstić information content (AvgIpc) is 3.42. The fourth-order valence-corrected chi connectivity index (χ4v) is 5.14. The molecule has 0 saturated carbocycles. The Balaban J connectivity index is 1.29. The van der Waals surface area contributed by atoms with E-state index in [1.54, 1.807) is 6.20 Å². The Labute approximate surface area is 170 Å². The van der Waals surface area contributed by atoms with Crippen LogP contribution in [-0.2, 0) is 6.61 Å². The molecule has 2 bridgehead atoms. The quantitative estimate of drug-likeness (QED) is 0.745. The van der Waals surface area contributed by atoms with Crippen LogP contribution in [0, 0.1) is 0 Å². The van der Waals surface area contributed by atoms with Crippen molar-refractivity contribution in [3.63, 3.8) is 0 Å². The van der Waals surface area contributed by atoms with Crippen LogP contribution in [0.5, 0.6) is 5.75 Å². The Morgan fingerprint density at radius 1 is 1.10 bits per heavy atom. The van der Waals surface area contributed by atoms with E-state index in [0.29, 0.717) is 24.7 Å². The zero-order valence-electron chi connectivity index (χ0n) is 16.6. The molecule has 0 spiro atoms. The summed E-state index contributed by atoms with van der Waals surface area (Å²) in [6.07, 6.45) is 8.78. The number of rotatable bonds is 3. The summed E-state index contributed by atoms with van der Waals surface area (Å²) in [6.45, 7) is 0.504. The van der Waals surface area contributed by atoms with E-state index >= 15 is 0 Å². The van der Waals surface area contributed by atoms with Gasteiger partial charge >= 0.3 is 0 Å². The van der Waals surface area contributed by atoms with Gasteiger partial charge in [-0.15, -0.1) is 0 Å². The molecule has 0 aliphatic carbocycles. The fraction of sp³-hybridized carbons (Fsp3) is 0.391. The standard InChI is InChI=1S/C23H25N5O/c1-27(18-11-15-3-4-16(12-18)25-15)23-8-7-19-20-6-5-17(28-10-2-9-24-28)13-22(20)29-14-21(19)26-23/h2,5-10,13,15-16,18,25H,3-4,11-12,14H2,1H3. The van der Waals surface area contributed by atoms with Crippen molar-refractivity contribution in [2.45, 2.75) is 50.4 Å². The SMILES string of the molecule is CN(c1ccc2c(n1)COc1cc(-n3cccn3)ccc1-2)C1CC2CCC(C1)N2. The largest absolute Gasteiger partial charge is 0.487 e. The maximum absolute atomic E-state index is 6.08. The lowest BCUT2D eigenvalue weighted by Gasteiger charge is -2.36. The summed E-state index contributed by atoms with van der Waals surface area (Å²) in [6, 6.07) is 14.5. The second-order valence-corrected chi connectivity index (χ2v) is 8.46. The van der Waals surface area contributed by atoms with Gasteiger partial charge in [-0.2, -0.15) is 5.10 Å². The molecule has 1 N–H and O–H groups in total. The molecule has 6 heteroatoms. The topological polar surface area (TPSA) is 55.2 Å². The molecular formula is C23H25N5O. The van der Waals surface area contributed by atoms with Crippen molar-refractivity contribution in [3.8, 4) is 22.6 Å². The molecule has 3 aliphatic rings. The molecule has 2 atom stereocenters. The Hall–Kier alpha value is -2.86. The van der Waals surface area contributed by atoms with Gasteiger partial charge in [-0.1, -0.05) is 0 Å². The highest BCUT2D eigenvalue weighted by Gasteiger charge is 2.35. The van der Waals surface area contributed by atoms with E-state index < -0.39 is 0 Å². The molecular weight excluding hydrogens is 362 g/mol. The number of anilines is 1. The zero-order chi connectivity index (χ0) is 19.4. The first-order chi connectivity index (χ1) is 14.2. The van der Waals surface area contributed by atoms with Crippen LogP contribution in [0.15, 0.2) is 48.8 Å². The number of piperidine rings is 1. The second kappa shape index (κ2) is 6.59. The molecule has 3 aromatic rings. The third-order valence-corrected chi connectivity index (χ3v) is 6.71. The first kappa shape index (κ1) is 17.0. The summed E-state index contributed by atoms with van der Waals surface area (Å²) in [5.74, 6) is 1.94. The Morgan fingerprint density at radius 3 is 2.72 bits per heavy atom. The van der Waals surface area contributed by atoms with E-state index in [2.05, 4.69) is 52.7 Å². The lowest BCUT2D eigenvalue weighted by molar-refractivity contribution is 0.297. The van der Waals surface area contributed by atoms with Crippen LogP contribution in [0.4, 0.5) is 5.82 Å². The molecule has 0 radical (unpaired) electrons. The van der Waals surface area contributed by atoms with Crippen molar-refractivity contribution in [3.05, 3.63) is 54.5 Å². The van der Waals surface area contributed by atoms with Crippen LogP contribution >= 0.6 is 0 Å². The molecule has 2 aromatic heterocycles. The highest BCUT2D eigenvalue weighted by molar-refractivity contribution is 5.76. The van der Waals surface area contributed by atoms with Crippen molar-refractivity contribution < 1.29 is 4.74 Å². The Morgan fingerprint density at radius 2 is 1.93 bits per heavy atom. The maximum atomic E-state index is 6.08. The summed E-state index contributed by atoms with van der Waals surface area (Å²) in [5, 5.41) is 8.04. The molecule has 6 rings (SSSR count). The van der Waals surface area contributed by atoms with Gasteiger partial charge in [-0.3, -0.25) is 0 Å². The van der Waals surface area contributed by atoms with Gasteiger partial charge in [0.15, 0.2) is 0 Å². The monoisotopic (exact) mass is 387 g/mol. The Bertz CT molecular complexity index is 1040. The minimum atomic E-state index is 0.504. The number of benzene rings is 1. The number of hydrogen-bond acceptors (Lipinski definition) is 5. The molecule has 148 valence electrons. The van der Waals surface area contributed by atoms with Crippen molar-refractivity contribution in [1.82, 2.24) is 20.1 Å². The summed E-state index contributed by atoms with van der Waals surface area (Å²) in [4.78, 5) is 7.37. The van der Waals surface area contributed by atoms with Crippen LogP contribution in [0.1, 0.15) is 31.4 Å². The molecule has 29 heavy (non-hydrogen) atoms. The molecule has 2 unspecified atom stereocenters. The fourth-order valence-electron chi connectivity index (χ4n) is 5.14. The van der Waals surface area contributed by atoms with E-state index in [-0.39, 0.29) is 0 Å². The Kier molecular flexibility index (Phi) is 3.87. The van der Waals surface area contributed by atoms with Crippen LogP contribution in [0.25, 0.3) is 16.8 Å². The molecule has 1 aromatic carbocycles. The lowest BCUT2D eigenvalue weighted by atomic mass is 9.98. The van der Waals surface area contributed by atoms with Gasteiger partial charge < -0.3 is 15.0 Å². The second-order valence-electron chi connectivity index (χ2n) is 8.46. The predicted octanol–water partition coefficient (Wildman–Crippen LogP) is 3.55. The molecule has 3 aliphatic heterocycles. The number of hydrogen-bond donors (Lipinski definition) is 1. The summed E-state index contributed by atoms with van der Waals surface area (Å²) >= 11 is 0. The third-order valence-electron chi connectivity index (χ3n) is 6.71. The summed E-state index contributed by atoms with van der Waals surface area (Å²) in [5.41, 5.74) is 4.29. The van der Waals surface area contributed by atoms with Gasteiger partial charge in [-0.25, -0.2) is 9.67 Å². The van der Waals surface area contributed by atoms with Gasteiger partial charge in [0.2, 0.25) is 0 Å². The number of ether oxygens (including phenoxy) is 1. The van der Waals surface area contributed by atoms with Crippen LogP contribution in [0.2, 0.25) is 0 Å². The van der Waals surface area contributed by atoms with Gasteiger partial charge in [0.25, 0.3) is 0 Å². The average molecular weight is 387 g/mol. The smallest absolute Gasteiger partial charge is 0.131 e. The number of fused-ring (bicyclic) bond motifs is 5. The van der Waals surface area contributed by atoms with Crippen LogP contribution in [0.3, 0.4) is 0 Å². The maximum Gasteiger partial charge on any atom is 0.131 e. The number of nitrogens with zero attached hydrogens (tertiary/aromatic N) is 4. The first-order valence-corrected chi connectivity index (χ1v) is 10.5. The molecule has 2 saturated heterocycles. The third kappa shape index (κ3) is 2.90. The molecule has 0 amide bonds. The predicted molar refractivity (Wildman–Crippen MR) is 112 cm³/mol. The number of aromatic nitrogens is 3. The summed E-state index contributed by atoms with van der Waals surface area (Å²) in [7, 11) is 2.19. The van der Waals surface area contributed by atoms with E-state index in [1.165, 1.54) is 31.2 Å². The van der Waals surface area contributed by atoms with Crippen LogP contribution < -0.4 is 15.0 Å². The van der Waals surface area contributed by atoms with Crippen molar-refractivity contribution in [1.29, 1.82) is 0 Å². The van der Waals surface area contributed by atoms with Gasteiger partial charge in [-0.05, 0) is 56.0 Å². The zero-order valence-corrected chi connectivity index (χ0v) is 16.6. The number of pyridine rings is 1. The number of nitrogens with one attached hydrogen (secondary N) is 1. The van der Waals surface area contributed by atoms with Crippen molar-refractivity contribution >= 4 is 5.82 Å². The van der Waals surface area contributed by atoms with Crippen molar-refractivity contribution in [2.24, 2.45) is 0 Å². The lowest BCUT2D eigenvalue weighted by Crippen LogP contribution is -2.47. The van der Waals surface area contributed by atoms with Crippen LogP contribution in [-0.4, -0.2) is 39.9 Å². The van der Waals surface area contributed by atoms with E-state index in [0.717, 1.165) is 28.5 Å². The molecule has 5 heterocycles. The summed E-state index contributed by atoms with van der Waals surface area (Å²) < 4.78 is 7.93. The minimum absolute atomic E-state index is 0.504. The van der Waals surface area contributed by atoms with Gasteiger partial charge in [0.1, 0.15) is 18.2 Å². The normalized spacial score (nSPS) is 24.5. The highest BCUT2D eigenvalue weighted by Crippen LogP contribution is 2.39. The highest BCUT2D eigenvalue weighted by atomic mass is 16.5. The van der Waals surface area contributed by atoms with Gasteiger partial charge in [0, 0.05) is 54.8 Å². The van der Waals surface area contributed by atoms with E-state index in [4.69, 9.17) is 9.72 Å². The van der Waals surface area contributed by atoms with E-state index in [1.807, 2.05) is 16.9 Å². The van der Waals surface area contributed by atoms with Crippen molar-refractivity contribution in [2.75, 3.05) is 11.9 Å². The van der Waals surface area contributed by atoms with Gasteiger partial charge in [0.05, 0.1) is 11.4 Å².